The van der Waals surface area contributed by atoms with E-state index in [9.17, 15) is 13.5 Å². The third kappa shape index (κ3) is 4.29. The van der Waals surface area contributed by atoms with Crippen LogP contribution in [0.4, 0.5) is 5.82 Å². The molecule has 0 bridgehead atoms. The Bertz CT molecular complexity index is 1420. The Morgan fingerprint density at radius 3 is 2.62 bits per heavy atom. The molecule has 9 heteroatoms. The summed E-state index contributed by atoms with van der Waals surface area (Å²) in [6.07, 6.45) is 3.25. The second kappa shape index (κ2) is 8.83. The van der Waals surface area contributed by atoms with Crippen molar-refractivity contribution in [3.63, 3.8) is 0 Å². The lowest BCUT2D eigenvalue weighted by Crippen LogP contribution is -2.51. The van der Waals surface area contributed by atoms with Gasteiger partial charge in [-0.1, -0.05) is 18.2 Å². The minimum absolute atomic E-state index is 0.0286. The van der Waals surface area contributed by atoms with Crippen LogP contribution in [0, 0.1) is 13.8 Å². The molecule has 0 aliphatic carbocycles. The van der Waals surface area contributed by atoms with Crippen LogP contribution >= 0.6 is 0 Å². The quantitative estimate of drug-likeness (QED) is 0.406. The van der Waals surface area contributed by atoms with Crippen molar-refractivity contribution in [1.82, 2.24) is 19.3 Å². The zero-order chi connectivity index (χ0) is 23.9. The van der Waals surface area contributed by atoms with Crippen molar-refractivity contribution in [3.05, 3.63) is 72.2 Å². The Kier molecular flexibility index (Phi) is 5.85. The van der Waals surface area contributed by atoms with Crippen LogP contribution in [0.25, 0.3) is 22.2 Å². The molecule has 34 heavy (non-hydrogen) atoms. The molecule has 4 heterocycles. The predicted molar refractivity (Wildman–Crippen MR) is 132 cm³/mol. The summed E-state index contributed by atoms with van der Waals surface area (Å²) < 4.78 is 27.9. The molecule has 2 atom stereocenters. The molecule has 0 spiro atoms. The van der Waals surface area contributed by atoms with Gasteiger partial charge >= 0.3 is 0 Å². The summed E-state index contributed by atoms with van der Waals surface area (Å²) in [5, 5.41) is 14.9. The van der Waals surface area contributed by atoms with Crippen LogP contribution in [-0.2, 0) is 10.0 Å². The van der Waals surface area contributed by atoms with Gasteiger partial charge in [0.05, 0.1) is 17.0 Å². The van der Waals surface area contributed by atoms with Gasteiger partial charge in [0.15, 0.2) is 0 Å². The van der Waals surface area contributed by atoms with E-state index in [1.54, 1.807) is 18.3 Å². The van der Waals surface area contributed by atoms with E-state index in [1.807, 2.05) is 50.4 Å². The number of aliphatic hydroxyl groups is 1. The molecule has 1 aliphatic rings. The number of piperidine rings is 1. The fourth-order valence-corrected chi connectivity index (χ4v) is 5.83. The minimum atomic E-state index is -3.72. The predicted octanol–water partition coefficient (Wildman–Crippen LogP) is 3.48. The number of aromatic nitrogens is 3. The van der Waals surface area contributed by atoms with Crippen LogP contribution in [0.5, 0.6) is 0 Å². The SMILES string of the molecule is Cc1ccc(N[C@@H]2CCN(S(=O)(=O)c3ccc(-c4cc5cc[nH]c5nc4C)cc3)C[C@@H]2O)nc1. The summed E-state index contributed by atoms with van der Waals surface area (Å²) in [6.45, 7) is 4.24. The van der Waals surface area contributed by atoms with Crippen LogP contribution in [0.1, 0.15) is 17.7 Å². The van der Waals surface area contributed by atoms with Gasteiger partial charge in [0.2, 0.25) is 10.0 Å². The molecular weight excluding hydrogens is 450 g/mol. The lowest BCUT2D eigenvalue weighted by Gasteiger charge is -2.35. The number of nitrogens with one attached hydrogen (secondary N) is 2. The van der Waals surface area contributed by atoms with Crippen molar-refractivity contribution in [2.24, 2.45) is 0 Å². The number of aromatic amines is 1. The third-order valence-corrected chi connectivity index (χ3v) is 8.20. The second-order valence-electron chi connectivity index (χ2n) is 8.75. The molecule has 0 saturated carbocycles. The smallest absolute Gasteiger partial charge is 0.243 e. The Morgan fingerprint density at radius 2 is 1.91 bits per heavy atom. The van der Waals surface area contributed by atoms with Gasteiger partial charge in [-0.25, -0.2) is 18.4 Å². The topological polar surface area (TPSA) is 111 Å². The third-order valence-electron chi connectivity index (χ3n) is 6.32. The van der Waals surface area contributed by atoms with Crippen molar-refractivity contribution in [3.8, 4) is 11.1 Å². The van der Waals surface area contributed by atoms with Gasteiger partial charge < -0.3 is 15.4 Å². The molecule has 3 N–H and O–H groups in total. The highest BCUT2D eigenvalue weighted by molar-refractivity contribution is 7.89. The van der Waals surface area contributed by atoms with E-state index in [1.165, 1.54) is 4.31 Å². The number of H-pyrrole nitrogens is 1. The van der Waals surface area contributed by atoms with E-state index in [0.29, 0.717) is 18.8 Å². The standard InChI is InChI=1S/C25H27N5O3S/c1-16-3-8-24(27-14-16)29-22-10-12-30(15-23(22)31)34(32,33)20-6-4-18(5-7-20)21-13-19-9-11-26-25(19)28-17(21)2/h3-9,11,13-14,22-23,31H,10,12,15H2,1-2H3,(H,26,28)(H,27,29)/t22-,23+/m1/s1. The molecular formula is C25H27N5O3S. The van der Waals surface area contributed by atoms with E-state index >= 15 is 0 Å². The first-order valence-electron chi connectivity index (χ1n) is 11.2. The Labute approximate surface area is 198 Å². The number of anilines is 1. The van der Waals surface area contributed by atoms with E-state index in [4.69, 9.17) is 0 Å². The molecule has 4 aromatic rings. The number of benzene rings is 1. The van der Waals surface area contributed by atoms with Crippen LogP contribution in [0.15, 0.2) is 65.8 Å². The lowest BCUT2D eigenvalue weighted by molar-refractivity contribution is 0.0949. The number of pyridine rings is 2. The highest BCUT2D eigenvalue weighted by Gasteiger charge is 2.34. The molecule has 0 unspecified atom stereocenters. The second-order valence-corrected chi connectivity index (χ2v) is 10.7. The normalized spacial score (nSPS) is 19.4. The highest BCUT2D eigenvalue weighted by atomic mass is 32.2. The molecule has 1 fully saturated rings. The molecule has 0 radical (unpaired) electrons. The summed E-state index contributed by atoms with van der Waals surface area (Å²) in [5.41, 5.74) is 4.61. The first-order valence-corrected chi connectivity index (χ1v) is 12.7. The van der Waals surface area contributed by atoms with Crippen molar-refractivity contribution in [1.29, 1.82) is 0 Å². The van der Waals surface area contributed by atoms with Gasteiger partial charge in [-0.3, -0.25) is 0 Å². The van der Waals surface area contributed by atoms with Gasteiger partial charge in [0.25, 0.3) is 0 Å². The number of aliphatic hydroxyl groups excluding tert-OH is 1. The Balaban J connectivity index is 1.31. The lowest BCUT2D eigenvalue weighted by atomic mass is 10.0. The van der Waals surface area contributed by atoms with Crippen LogP contribution in [0.3, 0.4) is 0 Å². The number of hydrogen-bond acceptors (Lipinski definition) is 6. The van der Waals surface area contributed by atoms with Crippen LogP contribution < -0.4 is 5.32 Å². The van der Waals surface area contributed by atoms with E-state index in [0.717, 1.165) is 33.4 Å². The summed E-state index contributed by atoms with van der Waals surface area (Å²) in [6, 6.07) is 14.4. The average Bonchev–Trinajstić information content (AvgIpc) is 3.28. The molecule has 176 valence electrons. The van der Waals surface area contributed by atoms with Crippen LogP contribution in [-0.4, -0.2) is 58.0 Å². The number of fused-ring (bicyclic) bond motifs is 1. The minimum Gasteiger partial charge on any atom is -0.390 e. The molecule has 1 aliphatic heterocycles. The molecule has 0 amide bonds. The number of nitrogens with zero attached hydrogens (tertiary/aromatic N) is 3. The molecule has 5 rings (SSSR count). The van der Waals surface area contributed by atoms with Crippen LogP contribution in [0.2, 0.25) is 0 Å². The summed E-state index contributed by atoms with van der Waals surface area (Å²) in [4.78, 5) is 12.2. The van der Waals surface area contributed by atoms with Gasteiger partial charge in [0.1, 0.15) is 11.5 Å². The van der Waals surface area contributed by atoms with Crippen molar-refractivity contribution in [2.75, 3.05) is 18.4 Å². The number of rotatable bonds is 5. The van der Waals surface area contributed by atoms with Gasteiger partial charge in [-0.05, 0) is 61.7 Å². The average molecular weight is 478 g/mol. The highest BCUT2D eigenvalue weighted by Crippen LogP contribution is 2.29. The van der Waals surface area contributed by atoms with Gasteiger partial charge in [-0.15, -0.1) is 0 Å². The first kappa shape index (κ1) is 22.5. The van der Waals surface area contributed by atoms with E-state index < -0.39 is 16.1 Å². The monoisotopic (exact) mass is 477 g/mol. The first-order chi connectivity index (χ1) is 16.3. The molecule has 8 nitrogen and oxygen atoms in total. The summed E-state index contributed by atoms with van der Waals surface area (Å²) >= 11 is 0. The summed E-state index contributed by atoms with van der Waals surface area (Å²) in [7, 11) is -3.72. The molecule has 1 saturated heterocycles. The van der Waals surface area contributed by atoms with Crippen molar-refractivity contribution >= 4 is 26.9 Å². The number of aryl methyl sites for hydroxylation is 2. The maximum atomic E-state index is 13.3. The zero-order valence-electron chi connectivity index (χ0n) is 19.1. The Morgan fingerprint density at radius 1 is 1.12 bits per heavy atom. The molecule has 1 aromatic carbocycles. The van der Waals surface area contributed by atoms with Gasteiger partial charge in [0, 0.05) is 42.1 Å². The zero-order valence-corrected chi connectivity index (χ0v) is 19.9. The van der Waals surface area contributed by atoms with Gasteiger partial charge in [-0.2, -0.15) is 4.31 Å². The maximum Gasteiger partial charge on any atom is 0.243 e. The van der Waals surface area contributed by atoms with Crippen molar-refractivity contribution in [2.45, 2.75) is 37.3 Å². The number of β-amino-alcohol motifs (C(OH)–C–C–N with tert-alkyl or cyclic N) is 1. The van der Waals surface area contributed by atoms with E-state index in [2.05, 4.69) is 26.3 Å². The fourth-order valence-electron chi connectivity index (χ4n) is 4.35. The Hall–Kier alpha value is -3.27. The van der Waals surface area contributed by atoms with Crippen molar-refractivity contribution < 1.29 is 13.5 Å². The number of sulfonamides is 1. The fraction of sp³-hybridized carbons (Fsp3) is 0.280. The largest absolute Gasteiger partial charge is 0.390 e. The summed E-state index contributed by atoms with van der Waals surface area (Å²) in [5.74, 6) is 0.671. The number of hydrogen-bond donors (Lipinski definition) is 3. The van der Waals surface area contributed by atoms with E-state index in [-0.39, 0.29) is 17.5 Å². The molecule has 3 aromatic heterocycles. The maximum absolute atomic E-state index is 13.3.